The first kappa shape index (κ1) is 19.7. The maximum absolute atomic E-state index is 12.8. The van der Waals surface area contributed by atoms with Gasteiger partial charge < -0.3 is 19.5 Å². The first-order chi connectivity index (χ1) is 13.6. The third-order valence-electron chi connectivity index (χ3n) is 4.78. The fourth-order valence-corrected chi connectivity index (χ4v) is 3.34. The van der Waals surface area contributed by atoms with E-state index in [1.165, 1.54) is 10.6 Å². The predicted molar refractivity (Wildman–Crippen MR) is 105 cm³/mol. The van der Waals surface area contributed by atoms with Crippen LogP contribution in [0.3, 0.4) is 0 Å². The average molecular weight is 383 g/mol. The molecule has 7 nitrogen and oxygen atoms in total. The summed E-state index contributed by atoms with van der Waals surface area (Å²) in [6.07, 6.45) is 2.95. The number of para-hydroxylation sites is 1. The molecule has 0 aliphatic carbocycles. The number of likely N-dealkylation sites (tertiary alicyclic amines) is 1. The highest BCUT2D eigenvalue weighted by molar-refractivity contribution is 5.97. The van der Waals surface area contributed by atoms with Gasteiger partial charge in [0.1, 0.15) is 12.3 Å². The van der Waals surface area contributed by atoms with Crippen LogP contribution in [0.25, 0.3) is 0 Å². The minimum Gasteiger partial charge on any atom is -0.493 e. The van der Waals surface area contributed by atoms with E-state index in [0.29, 0.717) is 43.9 Å². The molecule has 3 rings (SSSR count). The lowest BCUT2D eigenvalue weighted by atomic mass is 10.0. The molecule has 1 N–H and O–H groups in total. The molecular formula is C21H25N3O4. The molecule has 1 saturated heterocycles. The third kappa shape index (κ3) is 4.79. The van der Waals surface area contributed by atoms with Gasteiger partial charge in [0.05, 0.1) is 12.2 Å². The topological polar surface area (TPSA) is 80.6 Å². The summed E-state index contributed by atoms with van der Waals surface area (Å²) in [6, 6.07) is 12.0. The lowest BCUT2D eigenvalue weighted by Gasteiger charge is -2.32. The number of carbonyl (C=O) groups excluding carboxylic acids is 2. The molecule has 0 unspecified atom stereocenters. The van der Waals surface area contributed by atoms with Gasteiger partial charge in [-0.3, -0.25) is 14.4 Å². The second kappa shape index (κ2) is 9.21. The van der Waals surface area contributed by atoms with Crippen molar-refractivity contribution in [3.8, 4) is 5.75 Å². The molecule has 0 atom stereocenters. The molecule has 2 heterocycles. The largest absolute Gasteiger partial charge is 0.493 e. The van der Waals surface area contributed by atoms with E-state index in [2.05, 4.69) is 5.32 Å². The Labute approximate surface area is 163 Å². The van der Waals surface area contributed by atoms with Crippen LogP contribution in [0, 0.1) is 0 Å². The van der Waals surface area contributed by atoms with Crippen molar-refractivity contribution in [2.45, 2.75) is 32.4 Å². The number of rotatable bonds is 6. The van der Waals surface area contributed by atoms with E-state index in [0.717, 1.165) is 0 Å². The van der Waals surface area contributed by atoms with E-state index in [4.69, 9.17) is 4.74 Å². The van der Waals surface area contributed by atoms with Crippen LogP contribution < -0.4 is 15.6 Å². The maximum atomic E-state index is 12.8. The summed E-state index contributed by atoms with van der Waals surface area (Å²) in [5, 5.41) is 2.96. The predicted octanol–water partition coefficient (Wildman–Crippen LogP) is 1.67. The van der Waals surface area contributed by atoms with Crippen LogP contribution in [0.4, 0.5) is 0 Å². The van der Waals surface area contributed by atoms with E-state index in [1.807, 2.05) is 19.1 Å². The van der Waals surface area contributed by atoms with Gasteiger partial charge in [-0.1, -0.05) is 18.2 Å². The molecule has 2 amide bonds. The summed E-state index contributed by atoms with van der Waals surface area (Å²) < 4.78 is 6.93. The summed E-state index contributed by atoms with van der Waals surface area (Å²) in [4.78, 5) is 38.5. The monoisotopic (exact) mass is 383 g/mol. The number of aromatic nitrogens is 1. The zero-order chi connectivity index (χ0) is 19.9. The van der Waals surface area contributed by atoms with Gasteiger partial charge in [-0.15, -0.1) is 0 Å². The van der Waals surface area contributed by atoms with Crippen molar-refractivity contribution in [1.82, 2.24) is 14.8 Å². The highest BCUT2D eigenvalue weighted by Gasteiger charge is 2.26. The van der Waals surface area contributed by atoms with Crippen LogP contribution in [0.5, 0.6) is 5.75 Å². The van der Waals surface area contributed by atoms with Crippen molar-refractivity contribution in [3.05, 3.63) is 64.6 Å². The number of hydrogen-bond donors (Lipinski definition) is 1. The van der Waals surface area contributed by atoms with E-state index in [9.17, 15) is 14.4 Å². The van der Waals surface area contributed by atoms with Gasteiger partial charge in [-0.2, -0.15) is 0 Å². The van der Waals surface area contributed by atoms with Gasteiger partial charge in [0.2, 0.25) is 5.91 Å². The fraction of sp³-hybridized carbons (Fsp3) is 0.381. The molecule has 1 aromatic carbocycles. The highest BCUT2D eigenvalue weighted by atomic mass is 16.5. The van der Waals surface area contributed by atoms with Crippen molar-refractivity contribution in [2.24, 2.45) is 0 Å². The second-order valence-electron chi connectivity index (χ2n) is 6.73. The van der Waals surface area contributed by atoms with Crippen molar-refractivity contribution in [2.75, 3.05) is 19.7 Å². The van der Waals surface area contributed by atoms with Crippen molar-refractivity contribution >= 4 is 11.8 Å². The summed E-state index contributed by atoms with van der Waals surface area (Å²) in [5.41, 5.74) is 0.362. The maximum Gasteiger partial charge on any atom is 0.257 e. The van der Waals surface area contributed by atoms with Gasteiger partial charge in [0.25, 0.3) is 11.5 Å². The third-order valence-corrected chi connectivity index (χ3v) is 4.78. The first-order valence-corrected chi connectivity index (χ1v) is 9.54. The molecule has 148 valence electrons. The number of hydrogen-bond acceptors (Lipinski definition) is 4. The number of pyridine rings is 1. The molecule has 1 aliphatic rings. The number of carbonyl (C=O) groups is 2. The van der Waals surface area contributed by atoms with Crippen molar-refractivity contribution < 1.29 is 14.3 Å². The number of ether oxygens (including phenoxy) is 1. The Balaban J connectivity index is 1.53. The molecule has 28 heavy (non-hydrogen) atoms. The molecule has 0 saturated carbocycles. The second-order valence-corrected chi connectivity index (χ2v) is 6.73. The van der Waals surface area contributed by atoms with E-state index in [1.54, 1.807) is 35.4 Å². The van der Waals surface area contributed by atoms with Crippen LogP contribution in [-0.2, 0) is 11.3 Å². The number of nitrogens with zero attached hydrogens (tertiary/aromatic N) is 2. The standard InChI is InChI=1S/C21H25N3O4/c1-2-28-18-8-4-3-7-17(18)21(27)23-13-10-16(11-14-23)22-19(25)15-24-12-6-5-9-20(24)26/h3-9,12,16H,2,10-11,13-15H2,1H3,(H,22,25). The van der Waals surface area contributed by atoms with Crippen LogP contribution >= 0.6 is 0 Å². The average Bonchev–Trinajstić information content (AvgIpc) is 2.70. The summed E-state index contributed by atoms with van der Waals surface area (Å²) in [7, 11) is 0. The summed E-state index contributed by atoms with van der Waals surface area (Å²) in [6.45, 7) is 3.52. The summed E-state index contributed by atoms with van der Waals surface area (Å²) in [5.74, 6) is 0.350. The molecule has 2 aromatic rings. The number of amides is 2. The quantitative estimate of drug-likeness (QED) is 0.823. The lowest BCUT2D eigenvalue weighted by molar-refractivity contribution is -0.122. The Morgan fingerprint density at radius 2 is 1.82 bits per heavy atom. The highest BCUT2D eigenvalue weighted by Crippen LogP contribution is 2.22. The van der Waals surface area contributed by atoms with Gasteiger partial charge in [-0.05, 0) is 38.0 Å². The van der Waals surface area contributed by atoms with Gasteiger partial charge >= 0.3 is 0 Å². The number of benzene rings is 1. The smallest absolute Gasteiger partial charge is 0.257 e. The Hall–Kier alpha value is -3.09. The molecule has 0 spiro atoms. The van der Waals surface area contributed by atoms with Crippen LogP contribution in [0.15, 0.2) is 53.5 Å². The lowest BCUT2D eigenvalue weighted by Crippen LogP contribution is -2.47. The number of nitrogens with one attached hydrogen (secondary N) is 1. The summed E-state index contributed by atoms with van der Waals surface area (Å²) >= 11 is 0. The van der Waals surface area contributed by atoms with Gasteiger partial charge in [0, 0.05) is 31.4 Å². The van der Waals surface area contributed by atoms with Gasteiger partial charge in [-0.25, -0.2) is 0 Å². The van der Waals surface area contributed by atoms with E-state index in [-0.39, 0.29) is 30.0 Å². The zero-order valence-electron chi connectivity index (χ0n) is 16.0. The first-order valence-electron chi connectivity index (χ1n) is 9.54. The molecule has 1 fully saturated rings. The molecule has 1 aliphatic heterocycles. The van der Waals surface area contributed by atoms with Crippen molar-refractivity contribution in [3.63, 3.8) is 0 Å². The van der Waals surface area contributed by atoms with Gasteiger partial charge in [0.15, 0.2) is 0 Å². The van der Waals surface area contributed by atoms with E-state index >= 15 is 0 Å². The van der Waals surface area contributed by atoms with Crippen LogP contribution in [-0.4, -0.2) is 47.0 Å². The molecular weight excluding hydrogens is 358 g/mol. The SMILES string of the molecule is CCOc1ccccc1C(=O)N1CCC(NC(=O)Cn2ccccc2=O)CC1. The Kier molecular flexibility index (Phi) is 6.47. The van der Waals surface area contributed by atoms with Crippen LogP contribution in [0.2, 0.25) is 0 Å². The minimum atomic E-state index is -0.203. The van der Waals surface area contributed by atoms with E-state index < -0.39 is 0 Å². The Morgan fingerprint density at radius 3 is 2.54 bits per heavy atom. The fourth-order valence-electron chi connectivity index (χ4n) is 3.34. The molecule has 0 bridgehead atoms. The minimum absolute atomic E-state index is 0.000546. The normalized spacial score (nSPS) is 14.5. The Morgan fingerprint density at radius 1 is 1.11 bits per heavy atom. The van der Waals surface area contributed by atoms with Crippen LogP contribution in [0.1, 0.15) is 30.1 Å². The number of piperidine rings is 1. The zero-order valence-corrected chi connectivity index (χ0v) is 16.0. The molecule has 7 heteroatoms. The molecule has 1 aromatic heterocycles. The molecule has 0 radical (unpaired) electrons. The Bertz CT molecular complexity index is 885. The van der Waals surface area contributed by atoms with Crippen molar-refractivity contribution in [1.29, 1.82) is 0 Å².